The first-order chi connectivity index (χ1) is 20.9. The molecule has 0 saturated heterocycles. The summed E-state index contributed by atoms with van der Waals surface area (Å²) in [5, 5.41) is 2.75. The highest BCUT2D eigenvalue weighted by atomic mass is 16.1. The van der Waals surface area contributed by atoms with Crippen LogP contribution in [0.2, 0.25) is 0 Å². The molecule has 0 spiro atoms. The van der Waals surface area contributed by atoms with Crippen LogP contribution in [0.3, 0.4) is 0 Å². The molecule has 1 nitrogen and oxygen atoms in total. The Balaban J connectivity index is 1.60. The van der Waals surface area contributed by atoms with Crippen molar-refractivity contribution in [3.05, 3.63) is 123 Å². The van der Waals surface area contributed by atoms with Gasteiger partial charge in [-0.05, 0) is 108 Å². The lowest BCUT2D eigenvalue weighted by molar-refractivity contribution is -0.108. The fraction of sp³-hybridized carbons (Fsp3) is 0.341. The van der Waals surface area contributed by atoms with E-state index in [1.165, 1.54) is 49.7 Å². The molecule has 0 amide bonds. The minimum atomic E-state index is -0.0734. The number of Topliss-reactive ketones (excluding diaryl/α,β-unsaturated/α-hetero) is 1. The molecular weight excluding hydrogens is 544 g/mol. The van der Waals surface area contributed by atoms with Gasteiger partial charge in [0.25, 0.3) is 0 Å². The Morgan fingerprint density at radius 3 is 1.40 bits per heavy atom. The van der Waals surface area contributed by atoms with Crippen LogP contribution in [0, 0.1) is 0 Å². The van der Waals surface area contributed by atoms with Gasteiger partial charge in [-0.3, -0.25) is 4.79 Å². The zero-order chi connectivity index (χ0) is 32.4. The molecule has 4 aromatic rings. The maximum atomic E-state index is 15.2. The number of aryl methyl sites for hydroxylation is 2. The fourth-order valence-corrected chi connectivity index (χ4v) is 7.53. The summed E-state index contributed by atoms with van der Waals surface area (Å²) in [5.74, 6) is 0.131. The molecule has 4 aromatic carbocycles. The van der Waals surface area contributed by atoms with E-state index < -0.39 is 0 Å². The number of benzene rings is 4. The Bertz CT molecular complexity index is 2030. The van der Waals surface area contributed by atoms with Crippen LogP contribution < -0.4 is 0 Å². The van der Waals surface area contributed by atoms with Crippen molar-refractivity contribution in [2.45, 2.75) is 98.3 Å². The zero-order valence-electron chi connectivity index (χ0n) is 28.8. The van der Waals surface area contributed by atoms with Gasteiger partial charge in [-0.1, -0.05) is 129 Å². The predicted octanol–water partition coefficient (Wildman–Crippen LogP) is 11.3. The van der Waals surface area contributed by atoms with Crippen LogP contribution in [-0.2, 0) is 33.9 Å². The lowest BCUT2D eigenvalue weighted by atomic mass is 9.78. The van der Waals surface area contributed by atoms with Crippen molar-refractivity contribution in [2.24, 2.45) is 0 Å². The second-order valence-electron chi connectivity index (χ2n) is 16.8. The molecule has 0 radical (unpaired) electrons. The molecule has 0 heterocycles. The lowest BCUT2D eigenvalue weighted by Crippen LogP contribution is -2.17. The number of ketones is 1. The van der Waals surface area contributed by atoms with Crippen molar-refractivity contribution in [1.82, 2.24) is 0 Å². The third-order valence-electron chi connectivity index (χ3n) is 10.3. The van der Waals surface area contributed by atoms with E-state index in [0.717, 1.165) is 57.4 Å². The second kappa shape index (κ2) is 9.52. The fourth-order valence-electron chi connectivity index (χ4n) is 7.53. The number of rotatable bonds is 3. The highest BCUT2D eigenvalue weighted by molar-refractivity contribution is 6.61. The van der Waals surface area contributed by atoms with Crippen molar-refractivity contribution >= 4 is 44.4 Å². The van der Waals surface area contributed by atoms with Gasteiger partial charge in [0.1, 0.15) is 0 Å². The molecule has 0 aliphatic heterocycles. The molecule has 228 valence electrons. The van der Waals surface area contributed by atoms with E-state index in [1.54, 1.807) is 0 Å². The first kappa shape index (κ1) is 29.7. The molecular formula is C44H46O. The maximum absolute atomic E-state index is 15.2. The molecule has 0 aromatic heterocycles. The van der Waals surface area contributed by atoms with Gasteiger partial charge >= 0.3 is 0 Å². The van der Waals surface area contributed by atoms with E-state index in [2.05, 4.69) is 136 Å². The summed E-state index contributed by atoms with van der Waals surface area (Å²) in [6, 6.07) is 22.9. The molecule has 3 aliphatic carbocycles. The smallest absolute Gasteiger partial charge is 0.195 e. The van der Waals surface area contributed by atoms with Crippen LogP contribution in [-0.4, -0.2) is 5.78 Å². The Kier molecular flexibility index (Phi) is 6.29. The summed E-state index contributed by atoms with van der Waals surface area (Å²) in [6.45, 7) is 26.7. The molecule has 3 aliphatic rings. The summed E-state index contributed by atoms with van der Waals surface area (Å²) < 4.78 is 0. The summed E-state index contributed by atoms with van der Waals surface area (Å²) in [5.41, 5.74) is 16.9. The van der Waals surface area contributed by atoms with Crippen LogP contribution in [0.4, 0.5) is 0 Å². The van der Waals surface area contributed by atoms with Crippen LogP contribution in [0.15, 0.2) is 67.2 Å². The third kappa shape index (κ3) is 4.53. The van der Waals surface area contributed by atoms with E-state index in [-0.39, 0.29) is 22.0 Å². The van der Waals surface area contributed by atoms with E-state index in [1.807, 2.05) is 0 Å². The average molecular weight is 591 g/mol. The van der Waals surface area contributed by atoms with Crippen molar-refractivity contribution in [3.8, 4) is 0 Å². The highest BCUT2D eigenvalue weighted by Crippen LogP contribution is 2.58. The van der Waals surface area contributed by atoms with Gasteiger partial charge in [0, 0.05) is 22.3 Å². The van der Waals surface area contributed by atoms with Gasteiger partial charge in [-0.2, -0.15) is 0 Å². The number of carbonyl (C=O) groups is 1. The standard InChI is InChI=1S/C44H46O/c1-24(2)27-18-28(20-30(19-27)42(3,4)5)36-39-33-16-14-25-12-13-26-15-17-34(38(33)35(25)26)40(39)37(41(36)45)29-21-31(43(6,7)8)23-32(22-29)44(9,10)11/h14-23H,1,12-13H2,2-11H3. The van der Waals surface area contributed by atoms with Gasteiger partial charge in [0.15, 0.2) is 5.78 Å². The first-order valence-electron chi connectivity index (χ1n) is 16.6. The van der Waals surface area contributed by atoms with Crippen molar-refractivity contribution < 1.29 is 4.79 Å². The first-order valence-corrected chi connectivity index (χ1v) is 16.6. The van der Waals surface area contributed by atoms with Crippen molar-refractivity contribution in [1.29, 1.82) is 0 Å². The quantitative estimate of drug-likeness (QED) is 0.232. The van der Waals surface area contributed by atoms with Crippen LogP contribution in [0.25, 0.3) is 38.6 Å². The number of carbonyl (C=O) groups excluding carboxylic acids is 1. The van der Waals surface area contributed by atoms with Gasteiger partial charge in [-0.15, -0.1) is 0 Å². The SMILES string of the molecule is C=C(C)c1cc(C2=C3C(=C(c4cc(C(C)(C)C)cc(C(C)(C)C)c4)C2=O)c2ccc4c5c(ccc3c25)CC4)cc(C(C)(C)C)c1. The van der Waals surface area contributed by atoms with Gasteiger partial charge in [0.2, 0.25) is 0 Å². The summed E-state index contributed by atoms with van der Waals surface area (Å²) in [4.78, 5) is 15.2. The molecule has 0 bridgehead atoms. The molecule has 0 unspecified atom stereocenters. The largest absolute Gasteiger partial charge is 0.289 e. The summed E-state index contributed by atoms with van der Waals surface area (Å²) >= 11 is 0. The summed E-state index contributed by atoms with van der Waals surface area (Å²) in [6.07, 6.45) is 2.18. The van der Waals surface area contributed by atoms with Crippen LogP contribution in [0.1, 0.15) is 125 Å². The summed E-state index contributed by atoms with van der Waals surface area (Å²) in [7, 11) is 0. The highest BCUT2D eigenvalue weighted by Gasteiger charge is 2.42. The Morgan fingerprint density at radius 1 is 0.556 bits per heavy atom. The van der Waals surface area contributed by atoms with E-state index in [9.17, 15) is 0 Å². The van der Waals surface area contributed by atoms with Gasteiger partial charge < -0.3 is 0 Å². The predicted molar refractivity (Wildman–Crippen MR) is 194 cm³/mol. The van der Waals surface area contributed by atoms with Crippen molar-refractivity contribution in [2.75, 3.05) is 0 Å². The van der Waals surface area contributed by atoms with E-state index in [4.69, 9.17) is 0 Å². The average Bonchev–Trinajstić information content (AvgIpc) is 3.59. The minimum Gasteiger partial charge on any atom is -0.289 e. The zero-order valence-corrected chi connectivity index (χ0v) is 28.8. The Morgan fingerprint density at radius 2 is 0.978 bits per heavy atom. The van der Waals surface area contributed by atoms with E-state index in [0.29, 0.717) is 0 Å². The molecule has 0 saturated carbocycles. The third-order valence-corrected chi connectivity index (χ3v) is 10.3. The van der Waals surface area contributed by atoms with Gasteiger partial charge in [-0.25, -0.2) is 0 Å². The lowest BCUT2D eigenvalue weighted by Gasteiger charge is -2.26. The normalized spacial score (nSPS) is 16.0. The maximum Gasteiger partial charge on any atom is 0.195 e. The number of hydrogen-bond acceptors (Lipinski definition) is 1. The minimum absolute atomic E-state index is 0.0549. The van der Waals surface area contributed by atoms with Crippen LogP contribution >= 0.6 is 0 Å². The van der Waals surface area contributed by atoms with Crippen molar-refractivity contribution in [3.63, 3.8) is 0 Å². The van der Waals surface area contributed by atoms with Gasteiger partial charge in [0.05, 0.1) is 0 Å². The number of fused-ring (bicyclic) bond motifs is 3. The van der Waals surface area contributed by atoms with E-state index >= 15 is 4.79 Å². The molecule has 45 heavy (non-hydrogen) atoms. The molecule has 0 N–H and O–H groups in total. The Labute approximate surface area is 269 Å². The molecule has 0 atom stereocenters. The topological polar surface area (TPSA) is 17.1 Å². The number of hydrogen-bond donors (Lipinski definition) is 0. The molecule has 0 fully saturated rings. The second-order valence-corrected chi connectivity index (χ2v) is 16.8. The Hall–Kier alpha value is -3.97. The van der Waals surface area contributed by atoms with Crippen LogP contribution in [0.5, 0.6) is 0 Å². The molecule has 1 heteroatoms. The number of allylic oxidation sites excluding steroid dienone is 5. The molecule has 7 rings (SSSR count). The monoisotopic (exact) mass is 590 g/mol.